The van der Waals surface area contributed by atoms with Crippen LogP contribution < -0.4 is 0 Å². The van der Waals surface area contributed by atoms with Crippen molar-refractivity contribution in [1.29, 1.82) is 0 Å². The summed E-state index contributed by atoms with van der Waals surface area (Å²) in [6, 6.07) is 12.4. The van der Waals surface area contributed by atoms with Crippen LogP contribution >= 0.6 is 23.4 Å². The Morgan fingerprint density at radius 1 is 1.03 bits per heavy atom. The van der Waals surface area contributed by atoms with Gasteiger partial charge in [-0.3, -0.25) is 0 Å². The third-order valence-corrected chi connectivity index (χ3v) is 9.36. The van der Waals surface area contributed by atoms with Crippen LogP contribution in [0.3, 0.4) is 0 Å². The van der Waals surface area contributed by atoms with Gasteiger partial charge in [0.2, 0.25) is 10.0 Å². The Hall–Kier alpha value is -2.27. The van der Waals surface area contributed by atoms with E-state index in [4.69, 9.17) is 16.3 Å². The van der Waals surface area contributed by atoms with E-state index in [9.17, 15) is 18.0 Å². The van der Waals surface area contributed by atoms with Crippen LogP contribution in [-0.2, 0) is 21.3 Å². The van der Waals surface area contributed by atoms with Gasteiger partial charge in [-0.05, 0) is 48.4 Å². The van der Waals surface area contributed by atoms with Gasteiger partial charge in [0.15, 0.2) is 0 Å². The molecule has 0 saturated carbocycles. The highest BCUT2D eigenvalue weighted by Crippen LogP contribution is 2.28. The van der Waals surface area contributed by atoms with E-state index in [1.165, 1.54) is 23.5 Å². The number of sulfonamides is 1. The zero-order valence-electron chi connectivity index (χ0n) is 19.4. The number of methoxy groups -OCH3 is 1. The number of halogens is 1. The lowest BCUT2D eigenvalue weighted by Crippen LogP contribution is -2.47. The zero-order valence-corrected chi connectivity index (χ0v) is 21.8. The Morgan fingerprint density at radius 3 is 2.31 bits per heavy atom. The maximum absolute atomic E-state index is 13.7. The first kappa shape index (κ1) is 25.8. The molecule has 0 spiro atoms. The summed E-state index contributed by atoms with van der Waals surface area (Å²) in [6.45, 7) is 2.37. The minimum atomic E-state index is -3.88. The number of amides is 2. The van der Waals surface area contributed by atoms with Gasteiger partial charge in [0, 0.05) is 55.3 Å². The number of carbonyl (C=O) groups is 2. The molecule has 4 rings (SSSR count). The number of hydrogen-bond donors (Lipinski definition) is 0. The Kier molecular flexibility index (Phi) is 8.26. The summed E-state index contributed by atoms with van der Waals surface area (Å²) in [4.78, 5) is 28.6. The number of ether oxygens (including phenoxy) is 1. The zero-order chi connectivity index (χ0) is 25.0. The van der Waals surface area contributed by atoms with Gasteiger partial charge >= 0.3 is 12.0 Å². The molecule has 2 aliphatic heterocycles. The maximum Gasteiger partial charge on any atom is 0.337 e. The molecule has 2 fully saturated rings. The van der Waals surface area contributed by atoms with Crippen molar-refractivity contribution in [2.75, 3.05) is 44.8 Å². The molecule has 0 aromatic heterocycles. The highest BCUT2D eigenvalue weighted by atomic mass is 35.5. The lowest BCUT2D eigenvalue weighted by Gasteiger charge is -2.32. The lowest BCUT2D eigenvalue weighted by atomic mass is 10.1. The summed E-state index contributed by atoms with van der Waals surface area (Å²) in [7, 11) is -2.56. The van der Waals surface area contributed by atoms with Gasteiger partial charge in [0.25, 0.3) is 0 Å². The monoisotopic (exact) mass is 537 g/mol. The molecule has 188 valence electrons. The summed E-state index contributed by atoms with van der Waals surface area (Å²) in [5, 5.41) is 0.450. The second-order valence-electron chi connectivity index (χ2n) is 8.46. The minimum absolute atomic E-state index is 0.0286. The average Bonchev–Trinajstić information content (AvgIpc) is 3.37. The van der Waals surface area contributed by atoms with Crippen LogP contribution in [0.25, 0.3) is 0 Å². The van der Waals surface area contributed by atoms with Crippen LogP contribution in [-0.4, -0.2) is 85.4 Å². The van der Waals surface area contributed by atoms with Crippen molar-refractivity contribution in [3.8, 4) is 0 Å². The molecular formula is C24H28ClN3O5S2. The van der Waals surface area contributed by atoms with Gasteiger partial charge in [0.1, 0.15) is 0 Å². The lowest BCUT2D eigenvalue weighted by molar-refractivity contribution is 0.0600. The molecule has 2 aromatic carbocycles. The van der Waals surface area contributed by atoms with Gasteiger partial charge in [0.05, 0.1) is 17.6 Å². The molecule has 2 aliphatic rings. The normalized spacial score (nSPS) is 18.7. The Bertz CT molecular complexity index is 1150. The molecule has 2 aromatic rings. The molecule has 2 saturated heterocycles. The number of rotatable bonds is 6. The fourth-order valence-electron chi connectivity index (χ4n) is 4.30. The quantitative estimate of drug-likeness (QED) is 0.524. The molecule has 1 atom stereocenters. The van der Waals surface area contributed by atoms with Crippen LogP contribution in [0.2, 0.25) is 5.02 Å². The van der Waals surface area contributed by atoms with Crippen LogP contribution in [0.1, 0.15) is 22.3 Å². The Labute approximate surface area is 215 Å². The van der Waals surface area contributed by atoms with Crippen molar-refractivity contribution in [2.45, 2.75) is 23.9 Å². The molecule has 2 amide bonds. The predicted molar refractivity (Wildman–Crippen MR) is 136 cm³/mol. The molecule has 35 heavy (non-hydrogen) atoms. The number of carbonyl (C=O) groups excluding carboxylic acids is 2. The van der Waals surface area contributed by atoms with Crippen molar-refractivity contribution < 1.29 is 22.7 Å². The van der Waals surface area contributed by atoms with E-state index in [0.29, 0.717) is 43.2 Å². The van der Waals surface area contributed by atoms with E-state index in [0.717, 1.165) is 17.1 Å². The van der Waals surface area contributed by atoms with Crippen LogP contribution in [0.5, 0.6) is 0 Å². The second-order valence-corrected chi connectivity index (χ2v) is 12.0. The van der Waals surface area contributed by atoms with Crippen molar-refractivity contribution >= 4 is 45.4 Å². The third-order valence-electron chi connectivity index (χ3n) is 6.26. The van der Waals surface area contributed by atoms with E-state index in [-0.39, 0.29) is 23.5 Å². The van der Waals surface area contributed by atoms with E-state index in [1.807, 2.05) is 16.7 Å². The number of urea groups is 1. The molecule has 0 bridgehead atoms. The SMILES string of the molecule is COC(=O)c1ccc(CN(C2CCN(C(=O)N3CCSCC3)C2)S(=O)(=O)c2ccc(Cl)cc2)cc1. The summed E-state index contributed by atoms with van der Waals surface area (Å²) >= 11 is 7.81. The predicted octanol–water partition coefficient (Wildman–Crippen LogP) is 3.56. The average molecular weight is 538 g/mol. The molecule has 8 nitrogen and oxygen atoms in total. The molecular weight excluding hydrogens is 510 g/mol. The first-order valence-electron chi connectivity index (χ1n) is 11.4. The topological polar surface area (TPSA) is 87.2 Å². The minimum Gasteiger partial charge on any atom is -0.465 e. The smallest absolute Gasteiger partial charge is 0.337 e. The Balaban J connectivity index is 1.58. The van der Waals surface area contributed by atoms with Gasteiger partial charge < -0.3 is 14.5 Å². The molecule has 0 radical (unpaired) electrons. The van der Waals surface area contributed by atoms with E-state index in [2.05, 4.69) is 0 Å². The van der Waals surface area contributed by atoms with Gasteiger partial charge in [-0.25, -0.2) is 18.0 Å². The van der Waals surface area contributed by atoms with E-state index >= 15 is 0 Å². The van der Waals surface area contributed by atoms with E-state index in [1.54, 1.807) is 41.3 Å². The highest BCUT2D eigenvalue weighted by Gasteiger charge is 2.38. The first-order chi connectivity index (χ1) is 16.8. The van der Waals surface area contributed by atoms with Crippen LogP contribution in [0, 0.1) is 0 Å². The van der Waals surface area contributed by atoms with Crippen molar-refractivity contribution in [1.82, 2.24) is 14.1 Å². The second kappa shape index (κ2) is 11.2. The van der Waals surface area contributed by atoms with E-state index < -0.39 is 16.0 Å². The number of nitrogens with zero attached hydrogens (tertiary/aromatic N) is 3. The highest BCUT2D eigenvalue weighted by molar-refractivity contribution is 7.99. The van der Waals surface area contributed by atoms with Crippen LogP contribution in [0.15, 0.2) is 53.4 Å². The van der Waals surface area contributed by atoms with Crippen molar-refractivity contribution in [3.05, 3.63) is 64.7 Å². The van der Waals surface area contributed by atoms with Gasteiger partial charge in [-0.15, -0.1) is 0 Å². The Morgan fingerprint density at radius 2 is 1.69 bits per heavy atom. The summed E-state index contributed by atoms with van der Waals surface area (Å²) in [5.41, 5.74) is 1.12. The fourth-order valence-corrected chi connectivity index (χ4v) is 6.97. The summed E-state index contributed by atoms with van der Waals surface area (Å²) in [5.74, 6) is 1.38. The molecule has 11 heteroatoms. The largest absolute Gasteiger partial charge is 0.465 e. The van der Waals surface area contributed by atoms with Crippen molar-refractivity contribution in [2.24, 2.45) is 0 Å². The number of benzene rings is 2. The molecule has 0 N–H and O–H groups in total. The maximum atomic E-state index is 13.7. The number of thioether (sulfide) groups is 1. The first-order valence-corrected chi connectivity index (χ1v) is 14.3. The molecule has 0 aliphatic carbocycles. The number of esters is 1. The van der Waals surface area contributed by atoms with Gasteiger partial charge in [-0.2, -0.15) is 16.1 Å². The molecule has 1 unspecified atom stereocenters. The summed E-state index contributed by atoms with van der Waals surface area (Å²) < 4.78 is 33.7. The number of likely N-dealkylation sites (tertiary alicyclic amines) is 1. The van der Waals surface area contributed by atoms with Gasteiger partial charge in [-0.1, -0.05) is 23.7 Å². The fraction of sp³-hybridized carbons (Fsp3) is 0.417. The number of hydrogen-bond acceptors (Lipinski definition) is 6. The summed E-state index contributed by atoms with van der Waals surface area (Å²) in [6.07, 6.45) is 0.543. The molecule has 2 heterocycles. The standard InChI is InChI=1S/C24H28ClN3O5S2/c1-33-23(29)19-4-2-18(3-5-19)16-28(35(31,32)22-8-6-20(25)7-9-22)21-10-11-27(17-21)24(30)26-12-14-34-15-13-26/h2-9,21H,10-17H2,1H3. The van der Waals surface area contributed by atoms with Crippen molar-refractivity contribution in [3.63, 3.8) is 0 Å². The van der Waals surface area contributed by atoms with Crippen LogP contribution in [0.4, 0.5) is 4.79 Å². The third kappa shape index (κ3) is 5.94.